The van der Waals surface area contributed by atoms with Gasteiger partial charge in [-0.3, -0.25) is 0 Å². The number of hydrogen-bond acceptors (Lipinski definition) is 7. The van der Waals surface area contributed by atoms with E-state index in [2.05, 4.69) is 21.4 Å². The molecule has 3 aliphatic rings. The zero-order valence-electron chi connectivity index (χ0n) is 18.3. The number of rotatable bonds is 6. The van der Waals surface area contributed by atoms with Gasteiger partial charge in [-0.15, -0.1) is 0 Å². The van der Waals surface area contributed by atoms with Crippen LogP contribution < -0.4 is 10.1 Å². The summed E-state index contributed by atoms with van der Waals surface area (Å²) >= 11 is 0. The maximum atomic E-state index is 9.30. The molecule has 3 fully saturated rings. The largest absolute Gasteiger partial charge is 0.436 e. The van der Waals surface area contributed by atoms with Gasteiger partial charge < -0.3 is 14.6 Å². The maximum absolute atomic E-state index is 9.30. The molecule has 3 aromatic rings. The maximum Gasteiger partial charge on any atom is 0.250 e. The van der Waals surface area contributed by atoms with Gasteiger partial charge in [-0.05, 0) is 74.9 Å². The molecule has 2 aromatic heterocycles. The van der Waals surface area contributed by atoms with Gasteiger partial charge in [0.05, 0.1) is 23.9 Å². The van der Waals surface area contributed by atoms with E-state index in [0.717, 1.165) is 47.2 Å². The molecule has 6 rings (SSSR count). The Morgan fingerprint density at radius 2 is 1.91 bits per heavy atom. The van der Waals surface area contributed by atoms with Crippen molar-refractivity contribution < 1.29 is 4.74 Å². The van der Waals surface area contributed by atoms with Crippen molar-refractivity contribution in [2.45, 2.75) is 52.1 Å². The van der Waals surface area contributed by atoms with Gasteiger partial charge in [0.2, 0.25) is 5.95 Å². The number of nitriles is 2. The second kappa shape index (κ2) is 7.06. The number of hydrogen-bond donors (Lipinski definition) is 1. The Hall–Kier alpha value is -3.91. The molecule has 8 heteroatoms. The molecule has 32 heavy (non-hydrogen) atoms. The van der Waals surface area contributed by atoms with Crippen LogP contribution in [0.4, 0.5) is 5.95 Å². The second-order valence-corrected chi connectivity index (χ2v) is 8.93. The monoisotopic (exact) mass is 425 g/mol. The molecular formula is C24H23N7O. The van der Waals surface area contributed by atoms with Gasteiger partial charge in [-0.2, -0.15) is 20.5 Å². The first kappa shape index (κ1) is 20.0. The zero-order valence-corrected chi connectivity index (χ0v) is 18.3. The van der Waals surface area contributed by atoms with Crippen LogP contribution in [0, 0.1) is 41.9 Å². The molecule has 2 heterocycles. The molecule has 160 valence electrons. The average molecular weight is 425 g/mol. The minimum atomic E-state index is -0.157. The van der Waals surface area contributed by atoms with Gasteiger partial charge in [-0.1, -0.05) is 0 Å². The van der Waals surface area contributed by atoms with E-state index >= 15 is 0 Å². The van der Waals surface area contributed by atoms with E-state index in [1.165, 1.54) is 6.08 Å². The van der Waals surface area contributed by atoms with Crippen molar-refractivity contribution in [3.8, 4) is 23.8 Å². The van der Waals surface area contributed by atoms with Crippen LogP contribution in [0.2, 0.25) is 0 Å². The predicted octanol–water partition coefficient (Wildman–Crippen LogP) is 4.65. The van der Waals surface area contributed by atoms with Gasteiger partial charge in [0.15, 0.2) is 11.2 Å². The number of aryl methyl sites for hydroxylation is 3. The summed E-state index contributed by atoms with van der Waals surface area (Å²) in [6.07, 6.45) is 7.46. The van der Waals surface area contributed by atoms with Crippen LogP contribution in [0.5, 0.6) is 11.6 Å². The minimum absolute atomic E-state index is 0.0887. The molecule has 1 N–H and O–H groups in total. The summed E-state index contributed by atoms with van der Waals surface area (Å²) in [6.45, 7) is 6.70. The van der Waals surface area contributed by atoms with Crippen molar-refractivity contribution in [3.05, 3.63) is 41.2 Å². The van der Waals surface area contributed by atoms with E-state index in [1.807, 2.05) is 43.5 Å². The fraction of sp³-hybridized carbons (Fsp3) is 0.375. The Morgan fingerprint density at radius 1 is 1.19 bits per heavy atom. The number of nitrogens with zero attached hydrogens (tertiary/aromatic N) is 6. The lowest BCUT2D eigenvalue weighted by atomic mass is 9.40. The molecule has 0 aliphatic heterocycles. The van der Waals surface area contributed by atoms with Gasteiger partial charge in [0.1, 0.15) is 5.75 Å². The number of aromatic nitrogens is 4. The SMILES string of the molecule is CCn1cnc2nc(NC34CC(C#N)(C3)C4)nc(Oc3c(C)cc(/C=C/C#N)cc3C)c21. The van der Waals surface area contributed by atoms with Crippen LogP contribution in [0.25, 0.3) is 17.2 Å². The molecule has 0 amide bonds. The number of allylic oxidation sites excluding steroid dienone is 1. The molecule has 2 bridgehead atoms. The number of imidazole rings is 1. The Morgan fingerprint density at radius 3 is 2.53 bits per heavy atom. The van der Waals surface area contributed by atoms with Crippen LogP contribution >= 0.6 is 0 Å². The van der Waals surface area contributed by atoms with E-state index in [0.29, 0.717) is 24.0 Å². The summed E-state index contributed by atoms with van der Waals surface area (Å²) in [7, 11) is 0. The van der Waals surface area contributed by atoms with Crippen LogP contribution in [0.1, 0.15) is 42.9 Å². The molecule has 8 nitrogen and oxygen atoms in total. The normalized spacial score (nSPS) is 23.3. The standard InChI is InChI=1S/C24H23N7O/c1-4-31-14-27-20-18(31)21(29-22(28-20)30-24-10-23(11-24,12-24)13-26)32-19-15(2)8-17(6-5-7-25)9-16(19)3/h5-6,8-9,14H,4,10-12H2,1-3H3,(H,28,29,30)/b6-5+. The first-order valence-corrected chi connectivity index (χ1v) is 10.7. The van der Waals surface area contributed by atoms with Crippen molar-refractivity contribution in [1.29, 1.82) is 10.5 Å². The molecule has 0 saturated heterocycles. The van der Waals surface area contributed by atoms with E-state index in [-0.39, 0.29) is 11.0 Å². The number of ether oxygens (including phenoxy) is 1. The fourth-order valence-electron chi connectivity index (χ4n) is 5.06. The lowest BCUT2D eigenvalue weighted by Crippen LogP contribution is -2.70. The molecule has 0 atom stereocenters. The lowest BCUT2D eigenvalue weighted by molar-refractivity contribution is -0.0665. The molecule has 3 saturated carbocycles. The first-order chi connectivity index (χ1) is 15.4. The van der Waals surface area contributed by atoms with Crippen molar-refractivity contribution >= 4 is 23.2 Å². The highest BCUT2D eigenvalue weighted by Gasteiger charge is 2.69. The Labute approximate surface area is 186 Å². The molecule has 0 radical (unpaired) electrons. The molecule has 0 spiro atoms. The highest BCUT2D eigenvalue weighted by atomic mass is 16.5. The number of nitrogens with one attached hydrogen (secondary N) is 1. The summed E-state index contributed by atoms with van der Waals surface area (Å²) in [5.41, 5.74) is 3.91. The van der Waals surface area contributed by atoms with Gasteiger partial charge in [0.25, 0.3) is 5.88 Å². The van der Waals surface area contributed by atoms with Crippen molar-refractivity contribution in [2.75, 3.05) is 5.32 Å². The van der Waals surface area contributed by atoms with Crippen molar-refractivity contribution in [3.63, 3.8) is 0 Å². The summed E-state index contributed by atoms with van der Waals surface area (Å²) in [4.78, 5) is 13.8. The summed E-state index contributed by atoms with van der Waals surface area (Å²) in [6, 6.07) is 8.40. The smallest absolute Gasteiger partial charge is 0.250 e. The fourth-order valence-corrected chi connectivity index (χ4v) is 5.06. The van der Waals surface area contributed by atoms with Gasteiger partial charge >= 0.3 is 0 Å². The van der Waals surface area contributed by atoms with Crippen molar-refractivity contribution in [2.24, 2.45) is 5.41 Å². The second-order valence-electron chi connectivity index (χ2n) is 8.93. The summed E-state index contributed by atoms with van der Waals surface area (Å²) in [5.74, 6) is 1.65. The van der Waals surface area contributed by atoms with E-state index in [4.69, 9.17) is 15.0 Å². The third-order valence-electron chi connectivity index (χ3n) is 6.46. The summed E-state index contributed by atoms with van der Waals surface area (Å²) in [5, 5.41) is 21.5. The topological polar surface area (TPSA) is 112 Å². The highest BCUT2D eigenvalue weighted by molar-refractivity contribution is 5.79. The van der Waals surface area contributed by atoms with Crippen molar-refractivity contribution in [1.82, 2.24) is 19.5 Å². The minimum Gasteiger partial charge on any atom is -0.436 e. The van der Waals surface area contributed by atoms with Gasteiger partial charge in [-0.25, -0.2) is 4.98 Å². The summed E-state index contributed by atoms with van der Waals surface area (Å²) < 4.78 is 8.35. The molecule has 3 aliphatic carbocycles. The van der Waals surface area contributed by atoms with E-state index in [9.17, 15) is 5.26 Å². The number of anilines is 1. The average Bonchev–Trinajstić information content (AvgIpc) is 3.13. The van der Waals surface area contributed by atoms with Crippen LogP contribution in [-0.2, 0) is 6.54 Å². The Bertz CT molecular complexity index is 1310. The number of fused-ring (bicyclic) bond motifs is 1. The lowest BCUT2D eigenvalue weighted by Gasteiger charge is -2.66. The third-order valence-corrected chi connectivity index (χ3v) is 6.46. The predicted molar refractivity (Wildman–Crippen MR) is 120 cm³/mol. The van der Waals surface area contributed by atoms with Gasteiger partial charge in [0, 0.05) is 18.2 Å². The number of benzene rings is 1. The Balaban J connectivity index is 1.52. The van der Waals surface area contributed by atoms with E-state index in [1.54, 1.807) is 12.4 Å². The molecular weight excluding hydrogens is 402 g/mol. The third kappa shape index (κ3) is 3.07. The van der Waals surface area contributed by atoms with E-state index < -0.39 is 0 Å². The molecule has 1 aromatic carbocycles. The van der Waals surface area contributed by atoms with Crippen LogP contribution in [-0.4, -0.2) is 25.1 Å². The first-order valence-electron chi connectivity index (χ1n) is 10.7. The molecule has 0 unspecified atom stereocenters. The van der Waals surface area contributed by atoms with Crippen LogP contribution in [0.15, 0.2) is 24.5 Å². The zero-order chi connectivity index (χ0) is 22.5. The van der Waals surface area contributed by atoms with Crippen LogP contribution in [0.3, 0.4) is 0 Å². The highest BCUT2D eigenvalue weighted by Crippen LogP contribution is 2.67. The Kier molecular flexibility index (Phi) is 4.42. The quantitative estimate of drug-likeness (QED) is 0.572.